The van der Waals surface area contributed by atoms with Gasteiger partial charge in [0.1, 0.15) is 0 Å². The molecule has 2 heterocycles. The van der Waals surface area contributed by atoms with Crippen molar-refractivity contribution in [1.29, 1.82) is 0 Å². The van der Waals surface area contributed by atoms with Gasteiger partial charge in [-0.15, -0.1) is 0 Å². The van der Waals surface area contributed by atoms with Crippen molar-refractivity contribution in [1.82, 2.24) is 15.0 Å². The quantitative estimate of drug-likeness (QED) is 0.826. The van der Waals surface area contributed by atoms with E-state index in [1.165, 1.54) is 0 Å². The number of carboxylic acid groups (broad SMARTS) is 1. The molecule has 1 atom stereocenters. The van der Waals surface area contributed by atoms with Gasteiger partial charge in [0.05, 0.1) is 0 Å². The number of carbonyl (C=O) groups excluding carboxylic acids is 1. The van der Waals surface area contributed by atoms with Crippen molar-refractivity contribution in [3.05, 3.63) is 11.7 Å². The summed E-state index contributed by atoms with van der Waals surface area (Å²) in [5.74, 6) is 0.973. The van der Waals surface area contributed by atoms with E-state index in [4.69, 9.17) is 9.63 Å². The average molecular weight is 323 g/mol. The standard InChI is InChI=1S/C16H25N3O4/c1-11(2)16-17-13(23-18-16)6-7-14(20)19-9-3-4-12(10-19)5-8-15(21)22/h11-12H,3-10H2,1-2H3,(H,21,22). The molecular formula is C16H25N3O4. The molecule has 1 amide bonds. The largest absolute Gasteiger partial charge is 0.481 e. The fourth-order valence-electron chi connectivity index (χ4n) is 2.83. The van der Waals surface area contributed by atoms with Gasteiger partial charge in [-0.05, 0) is 25.2 Å². The molecule has 1 aromatic heterocycles. The molecule has 0 aromatic carbocycles. The van der Waals surface area contributed by atoms with Crippen molar-refractivity contribution in [2.24, 2.45) is 5.92 Å². The Morgan fingerprint density at radius 3 is 2.83 bits per heavy atom. The van der Waals surface area contributed by atoms with Gasteiger partial charge in [-0.1, -0.05) is 19.0 Å². The number of carbonyl (C=O) groups is 2. The maximum atomic E-state index is 12.3. The van der Waals surface area contributed by atoms with E-state index >= 15 is 0 Å². The van der Waals surface area contributed by atoms with Gasteiger partial charge < -0.3 is 14.5 Å². The molecule has 0 spiro atoms. The highest BCUT2D eigenvalue weighted by atomic mass is 16.5. The van der Waals surface area contributed by atoms with Crippen molar-refractivity contribution in [3.63, 3.8) is 0 Å². The lowest BCUT2D eigenvalue weighted by Gasteiger charge is -2.32. The number of carboxylic acids is 1. The molecule has 1 N–H and O–H groups in total. The van der Waals surface area contributed by atoms with Crippen molar-refractivity contribution in [3.8, 4) is 0 Å². The Hall–Kier alpha value is -1.92. The molecule has 0 saturated carbocycles. The monoisotopic (exact) mass is 323 g/mol. The number of likely N-dealkylation sites (tertiary alicyclic amines) is 1. The Bertz CT molecular complexity index is 541. The van der Waals surface area contributed by atoms with E-state index in [0.717, 1.165) is 19.4 Å². The van der Waals surface area contributed by atoms with Crippen LogP contribution in [0.4, 0.5) is 0 Å². The summed E-state index contributed by atoms with van der Waals surface area (Å²) < 4.78 is 5.15. The lowest BCUT2D eigenvalue weighted by molar-refractivity contribution is -0.137. The number of rotatable bonds is 7. The van der Waals surface area contributed by atoms with Crippen LogP contribution in [-0.4, -0.2) is 45.1 Å². The van der Waals surface area contributed by atoms with Gasteiger partial charge in [0.2, 0.25) is 11.8 Å². The number of amides is 1. The van der Waals surface area contributed by atoms with Gasteiger partial charge in [0.25, 0.3) is 0 Å². The van der Waals surface area contributed by atoms with Crippen LogP contribution in [0.25, 0.3) is 0 Å². The van der Waals surface area contributed by atoms with E-state index in [1.807, 2.05) is 18.7 Å². The van der Waals surface area contributed by atoms with Crippen LogP contribution in [0.5, 0.6) is 0 Å². The minimum Gasteiger partial charge on any atom is -0.481 e. The van der Waals surface area contributed by atoms with Crippen LogP contribution in [0.15, 0.2) is 4.52 Å². The van der Waals surface area contributed by atoms with Gasteiger partial charge in [-0.3, -0.25) is 9.59 Å². The molecule has 0 bridgehead atoms. The molecule has 1 fully saturated rings. The van der Waals surface area contributed by atoms with Crippen LogP contribution in [0.3, 0.4) is 0 Å². The zero-order valence-corrected chi connectivity index (χ0v) is 13.8. The first-order valence-electron chi connectivity index (χ1n) is 8.27. The molecule has 1 aliphatic heterocycles. The topological polar surface area (TPSA) is 96.5 Å². The van der Waals surface area contributed by atoms with Crippen molar-refractivity contribution in [2.45, 2.75) is 58.3 Å². The fraction of sp³-hybridized carbons (Fsp3) is 0.750. The number of aromatic nitrogens is 2. The molecular weight excluding hydrogens is 298 g/mol. The molecule has 7 heteroatoms. The minimum absolute atomic E-state index is 0.0781. The first kappa shape index (κ1) is 17.4. The van der Waals surface area contributed by atoms with E-state index in [-0.39, 0.29) is 18.2 Å². The van der Waals surface area contributed by atoms with E-state index in [0.29, 0.717) is 43.4 Å². The maximum Gasteiger partial charge on any atom is 0.303 e. The Labute approximate surface area is 136 Å². The molecule has 128 valence electrons. The van der Waals surface area contributed by atoms with Crippen molar-refractivity contribution < 1.29 is 19.2 Å². The SMILES string of the molecule is CC(C)c1noc(CCC(=O)N2CCCC(CCC(=O)O)C2)n1. The Morgan fingerprint density at radius 1 is 1.39 bits per heavy atom. The average Bonchev–Trinajstić information content (AvgIpc) is 3.00. The highest BCUT2D eigenvalue weighted by Crippen LogP contribution is 2.22. The first-order chi connectivity index (χ1) is 11.0. The molecule has 7 nitrogen and oxygen atoms in total. The summed E-state index contributed by atoms with van der Waals surface area (Å²) in [5, 5.41) is 12.7. The third kappa shape index (κ3) is 5.33. The highest BCUT2D eigenvalue weighted by Gasteiger charge is 2.24. The van der Waals surface area contributed by atoms with Gasteiger partial charge in [0, 0.05) is 38.3 Å². The predicted octanol–water partition coefficient (Wildman–Crippen LogP) is 2.23. The molecule has 1 aromatic rings. The zero-order chi connectivity index (χ0) is 16.8. The zero-order valence-electron chi connectivity index (χ0n) is 13.8. The molecule has 0 aliphatic carbocycles. The Morgan fingerprint density at radius 2 is 2.17 bits per heavy atom. The number of hydrogen-bond donors (Lipinski definition) is 1. The molecule has 1 unspecified atom stereocenters. The Balaban J connectivity index is 1.79. The predicted molar refractivity (Wildman–Crippen MR) is 82.9 cm³/mol. The summed E-state index contributed by atoms with van der Waals surface area (Å²) in [6.07, 6.45) is 3.56. The second-order valence-electron chi connectivity index (χ2n) is 6.48. The summed E-state index contributed by atoms with van der Waals surface area (Å²) in [6.45, 7) is 5.40. The number of aliphatic carboxylic acids is 1. The van der Waals surface area contributed by atoms with Gasteiger partial charge in [0.15, 0.2) is 5.82 Å². The second-order valence-corrected chi connectivity index (χ2v) is 6.48. The van der Waals surface area contributed by atoms with Crippen LogP contribution >= 0.6 is 0 Å². The molecule has 1 saturated heterocycles. The summed E-state index contributed by atoms with van der Waals surface area (Å²) in [5.41, 5.74) is 0. The second kappa shape index (κ2) is 8.08. The van der Waals surface area contributed by atoms with Gasteiger partial charge >= 0.3 is 5.97 Å². The first-order valence-corrected chi connectivity index (χ1v) is 8.27. The van der Waals surface area contributed by atoms with Crippen LogP contribution in [0.2, 0.25) is 0 Å². The van der Waals surface area contributed by atoms with Crippen LogP contribution in [-0.2, 0) is 16.0 Å². The third-order valence-corrected chi connectivity index (χ3v) is 4.19. The van der Waals surface area contributed by atoms with Crippen LogP contribution < -0.4 is 0 Å². The van der Waals surface area contributed by atoms with Crippen molar-refractivity contribution in [2.75, 3.05) is 13.1 Å². The summed E-state index contributed by atoms with van der Waals surface area (Å²) in [4.78, 5) is 29.1. The van der Waals surface area contributed by atoms with E-state index in [9.17, 15) is 9.59 Å². The third-order valence-electron chi connectivity index (χ3n) is 4.19. The normalized spacial score (nSPS) is 18.4. The molecule has 23 heavy (non-hydrogen) atoms. The van der Waals surface area contributed by atoms with E-state index in [1.54, 1.807) is 0 Å². The molecule has 0 radical (unpaired) electrons. The van der Waals surface area contributed by atoms with Gasteiger partial charge in [-0.2, -0.15) is 4.98 Å². The number of nitrogens with zero attached hydrogens (tertiary/aromatic N) is 3. The van der Waals surface area contributed by atoms with Crippen LogP contribution in [0.1, 0.15) is 63.6 Å². The summed E-state index contributed by atoms with van der Waals surface area (Å²) in [7, 11) is 0. The number of hydrogen-bond acceptors (Lipinski definition) is 5. The lowest BCUT2D eigenvalue weighted by atomic mass is 9.93. The highest BCUT2D eigenvalue weighted by molar-refractivity contribution is 5.76. The fourth-order valence-corrected chi connectivity index (χ4v) is 2.83. The molecule has 1 aliphatic rings. The van der Waals surface area contributed by atoms with E-state index < -0.39 is 5.97 Å². The number of piperidine rings is 1. The molecule has 2 rings (SSSR count). The number of aryl methyl sites for hydroxylation is 1. The Kier molecular flexibility index (Phi) is 6.12. The summed E-state index contributed by atoms with van der Waals surface area (Å²) in [6, 6.07) is 0. The summed E-state index contributed by atoms with van der Waals surface area (Å²) >= 11 is 0. The van der Waals surface area contributed by atoms with Crippen molar-refractivity contribution >= 4 is 11.9 Å². The smallest absolute Gasteiger partial charge is 0.303 e. The lowest BCUT2D eigenvalue weighted by Crippen LogP contribution is -2.40. The van der Waals surface area contributed by atoms with Crippen LogP contribution in [0, 0.1) is 5.92 Å². The van der Waals surface area contributed by atoms with E-state index in [2.05, 4.69) is 10.1 Å². The maximum absolute atomic E-state index is 12.3. The minimum atomic E-state index is -0.772. The van der Waals surface area contributed by atoms with Gasteiger partial charge in [-0.25, -0.2) is 0 Å².